The van der Waals surface area contributed by atoms with Crippen LogP contribution < -0.4 is 11.1 Å². The van der Waals surface area contributed by atoms with Crippen LogP contribution in [0.1, 0.15) is 39.2 Å². The Labute approximate surface area is 193 Å². The highest BCUT2D eigenvalue weighted by Gasteiger charge is 2.32. The second kappa shape index (κ2) is 8.89. The van der Waals surface area contributed by atoms with Crippen molar-refractivity contribution >= 4 is 28.4 Å². The Morgan fingerprint density at radius 1 is 1.30 bits per heavy atom. The van der Waals surface area contributed by atoms with E-state index in [1.54, 1.807) is 17.2 Å². The van der Waals surface area contributed by atoms with Gasteiger partial charge in [-0.15, -0.1) is 0 Å². The summed E-state index contributed by atoms with van der Waals surface area (Å²) >= 11 is 0. The number of benzene rings is 2. The number of rotatable bonds is 4. The molecule has 6 nitrogen and oxygen atoms in total. The van der Waals surface area contributed by atoms with Crippen molar-refractivity contribution < 1.29 is 13.9 Å². The lowest BCUT2D eigenvalue weighted by atomic mass is 9.96. The van der Waals surface area contributed by atoms with Gasteiger partial charge in [-0.2, -0.15) is 0 Å². The molecule has 3 N–H and O–H groups in total. The van der Waals surface area contributed by atoms with Crippen molar-refractivity contribution in [1.82, 2.24) is 9.88 Å². The number of carbonyl (C=O) groups excluding carboxylic acids is 1. The summed E-state index contributed by atoms with van der Waals surface area (Å²) in [6, 6.07) is 10.8. The van der Waals surface area contributed by atoms with Gasteiger partial charge in [0.2, 0.25) is 0 Å². The third kappa shape index (κ3) is 5.02. The Morgan fingerprint density at radius 3 is 2.82 bits per heavy atom. The van der Waals surface area contributed by atoms with E-state index in [2.05, 4.69) is 10.3 Å². The summed E-state index contributed by atoms with van der Waals surface area (Å²) in [7, 11) is 0. The molecular formula is C26H31FN4O2. The number of hydrogen-bond acceptors (Lipinski definition) is 5. The molecule has 174 valence electrons. The first-order valence-electron chi connectivity index (χ1n) is 11.3. The first kappa shape index (κ1) is 22.8. The van der Waals surface area contributed by atoms with Crippen molar-refractivity contribution in [3.63, 3.8) is 0 Å². The monoisotopic (exact) mass is 450 g/mol. The maximum Gasteiger partial charge on any atom is 0.410 e. The molecule has 1 aliphatic rings. The molecule has 0 aliphatic carbocycles. The number of nitrogens with two attached hydrogens (primary N) is 1. The molecule has 33 heavy (non-hydrogen) atoms. The van der Waals surface area contributed by atoms with Crippen molar-refractivity contribution in [2.24, 2.45) is 0 Å². The third-order valence-electron chi connectivity index (χ3n) is 5.90. The van der Waals surface area contributed by atoms with Gasteiger partial charge in [-0.25, -0.2) is 14.2 Å². The summed E-state index contributed by atoms with van der Waals surface area (Å²) in [6.45, 7) is 8.73. The van der Waals surface area contributed by atoms with Crippen molar-refractivity contribution in [2.75, 3.05) is 24.1 Å². The lowest BCUT2D eigenvalue weighted by molar-refractivity contribution is 0.0235. The summed E-state index contributed by atoms with van der Waals surface area (Å²) in [5.41, 5.74) is 8.44. The number of amides is 1. The second-order valence-electron chi connectivity index (χ2n) is 9.64. The molecule has 4 rings (SSSR count). The van der Waals surface area contributed by atoms with Crippen molar-refractivity contribution in [3.05, 3.63) is 54.0 Å². The van der Waals surface area contributed by atoms with Crippen LogP contribution in [-0.2, 0) is 4.74 Å². The van der Waals surface area contributed by atoms with E-state index >= 15 is 0 Å². The van der Waals surface area contributed by atoms with Gasteiger partial charge in [0.05, 0.1) is 6.04 Å². The number of anilines is 2. The Hall–Kier alpha value is -3.35. The summed E-state index contributed by atoms with van der Waals surface area (Å²) in [5.74, 6) is 0.146. The van der Waals surface area contributed by atoms with Gasteiger partial charge in [-0.3, -0.25) is 0 Å². The largest absolute Gasteiger partial charge is 0.444 e. The number of likely N-dealkylation sites (tertiary alicyclic amines) is 1. The maximum absolute atomic E-state index is 14.7. The van der Waals surface area contributed by atoms with Crippen LogP contribution in [0.25, 0.3) is 21.9 Å². The molecule has 0 radical (unpaired) electrons. The average Bonchev–Trinajstić information content (AvgIpc) is 3.20. The smallest absolute Gasteiger partial charge is 0.410 e. The minimum Gasteiger partial charge on any atom is -0.444 e. The molecule has 1 atom stereocenters. The molecule has 1 saturated heterocycles. The second-order valence-corrected chi connectivity index (χ2v) is 9.64. The van der Waals surface area contributed by atoms with Gasteiger partial charge < -0.3 is 20.7 Å². The minimum absolute atomic E-state index is 0.00735. The normalized spacial score (nSPS) is 16.3. The Balaban J connectivity index is 1.65. The van der Waals surface area contributed by atoms with Gasteiger partial charge in [0.25, 0.3) is 0 Å². The van der Waals surface area contributed by atoms with Crippen molar-refractivity contribution in [3.8, 4) is 11.1 Å². The lowest BCUT2D eigenvalue weighted by Crippen LogP contribution is -2.42. The van der Waals surface area contributed by atoms with Crippen LogP contribution in [0.15, 0.2) is 42.6 Å². The van der Waals surface area contributed by atoms with E-state index in [9.17, 15) is 9.18 Å². The van der Waals surface area contributed by atoms with Gasteiger partial charge >= 0.3 is 6.09 Å². The number of pyridine rings is 1. The lowest BCUT2D eigenvalue weighted by Gasteiger charge is -2.29. The van der Waals surface area contributed by atoms with E-state index in [-0.39, 0.29) is 18.0 Å². The van der Waals surface area contributed by atoms with E-state index in [0.717, 1.165) is 40.4 Å². The van der Waals surface area contributed by atoms with Crippen LogP contribution >= 0.6 is 0 Å². The number of ether oxygens (including phenoxy) is 1. The molecule has 2 heterocycles. The number of aryl methyl sites for hydroxylation is 1. The molecule has 0 spiro atoms. The highest BCUT2D eigenvalue weighted by Crippen LogP contribution is 2.35. The molecule has 1 aliphatic heterocycles. The van der Waals surface area contributed by atoms with E-state index in [4.69, 9.17) is 10.5 Å². The molecular weight excluding hydrogens is 419 g/mol. The summed E-state index contributed by atoms with van der Waals surface area (Å²) < 4.78 is 20.3. The van der Waals surface area contributed by atoms with Crippen LogP contribution in [0.4, 0.5) is 20.7 Å². The van der Waals surface area contributed by atoms with Crippen LogP contribution in [-0.4, -0.2) is 40.7 Å². The van der Waals surface area contributed by atoms with E-state index in [1.165, 1.54) is 6.07 Å². The zero-order valence-corrected chi connectivity index (χ0v) is 19.6. The molecule has 7 heteroatoms. The number of carbonyl (C=O) groups is 1. The number of nitrogens with one attached hydrogen (secondary N) is 1. The molecule has 1 aromatic heterocycles. The predicted molar refractivity (Wildman–Crippen MR) is 131 cm³/mol. The van der Waals surface area contributed by atoms with E-state index in [1.807, 2.05) is 52.0 Å². The quantitative estimate of drug-likeness (QED) is 0.530. The Morgan fingerprint density at radius 2 is 2.09 bits per heavy atom. The number of fused-ring (bicyclic) bond motifs is 1. The molecule has 0 unspecified atom stereocenters. The van der Waals surface area contributed by atoms with Crippen LogP contribution in [0, 0.1) is 12.7 Å². The highest BCUT2D eigenvalue weighted by molar-refractivity contribution is 5.98. The molecule has 1 amide bonds. The fourth-order valence-electron chi connectivity index (χ4n) is 4.40. The van der Waals surface area contributed by atoms with E-state index < -0.39 is 5.60 Å². The van der Waals surface area contributed by atoms with Gasteiger partial charge in [-0.1, -0.05) is 12.1 Å². The maximum atomic E-state index is 14.7. The number of aromatic nitrogens is 1. The topological polar surface area (TPSA) is 80.5 Å². The zero-order valence-electron chi connectivity index (χ0n) is 19.6. The molecule has 1 fully saturated rings. The number of hydrogen-bond donors (Lipinski definition) is 2. The summed E-state index contributed by atoms with van der Waals surface area (Å²) in [4.78, 5) is 18.7. The first-order chi connectivity index (χ1) is 15.6. The minimum atomic E-state index is -0.537. The fourth-order valence-corrected chi connectivity index (χ4v) is 4.40. The number of nitrogens with zero attached hydrogens (tertiary/aromatic N) is 2. The highest BCUT2D eigenvalue weighted by atomic mass is 19.1. The van der Waals surface area contributed by atoms with Gasteiger partial charge in [0.15, 0.2) is 0 Å². The summed E-state index contributed by atoms with van der Waals surface area (Å²) in [6.07, 6.45) is 3.23. The predicted octanol–water partition coefficient (Wildman–Crippen LogP) is 5.74. The van der Waals surface area contributed by atoms with Crippen LogP contribution in [0.2, 0.25) is 0 Å². The standard InChI is InChI=1S/C26H31FN4O2/c1-16-7-5-9-21(27)24(16)17-11-18-14-30-23(28)13-20(18)22(12-17)29-15-19-8-6-10-31(19)25(32)33-26(2,3)4/h5,7,9,11-14,19,29H,6,8,10,15H2,1-4H3,(H2,28,30)/t19-/m1/s1. The van der Waals surface area contributed by atoms with Gasteiger partial charge in [-0.05, 0) is 75.9 Å². The van der Waals surface area contributed by atoms with Gasteiger partial charge in [0, 0.05) is 41.3 Å². The Bertz CT molecular complexity index is 1170. The van der Waals surface area contributed by atoms with E-state index in [0.29, 0.717) is 24.5 Å². The molecule has 0 bridgehead atoms. The average molecular weight is 451 g/mol. The van der Waals surface area contributed by atoms with Crippen LogP contribution in [0.5, 0.6) is 0 Å². The number of halogens is 1. The van der Waals surface area contributed by atoms with Crippen LogP contribution in [0.3, 0.4) is 0 Å². The van der Waals surface area contributed by atoms with Crippen molar-refractivity contribution in [1.29, 1.82) is 0 Å². The molecule has 0 saturated carbocycles. The van der Waals surface area contributed by atoms with Gasteiger partial charge in [0.1, 0.15) is 17.2 Å². The fraction of sp³-hybridized carbons (Fsp3) is 0.385. The SMILES string of the molecule is Cc1cccc(F)c1-c1cc(NC[C@H]2CCCN2C(=O)OC(C)(C)C)c2cc(N)ncc2c1. The first-order valence-corrected chi connectivity index (χ1v) is 11.3. The van der Waals surface area contributed by atoms with Crippen molar-refractivity contribution in [2.45, 2.75) is 52.2 Å². The third-order valence-corrected chi connectivity index (χ3v) is 5.90. The Kier molecular flexibility index (Phi) is 6.15. The molecule has 2 aromatic carbocycles. The summed E-state index contributed by atoms with van der Waals surface area (Å²) in [5, 5.41) is 5.27. The molecule has 3 aromatic rings. The zero-order chi connectivity index (χ0) is 23.8. The number of nitrogen functional groups attached to an aromatic ring is 1.